The molecular weight excluding hydrogens is 166 g/mol. The molecule has 3 saturated heterocycles. The Kier molecular flexibility index (Phi) is 2.28. The Morgan fingerprint density at radius 3 is 2.54 bits per heavy atom. The summed E-state index contributed by atoms with van der Waals surface area (Å²) in [7, 11) is 1.46. The summed E-state index contributed by atoms with van der Waals surface area (Å²) >= 11 is 0. The predicted molar refractivity (Wildman–Crippen MR) is 48.5 cm³/mol. The second-order valence-electron chi connectivity index (χ2n) is 3.75. The molecule has 0 aromatic carbocycles. The quantitative estimate of drug-likeness (QED) is 0.565. The summed E-state index contributed by atoms with van der Waals surface area (Å²) in [4.78, 5) is 13.7. The van der Waals surface area contributed by atoms with Gasteiger partial charge in [0.15, 0.2) is 0 Å². The number of hydrogen-bond acceptors (Lipinski definition) is 3. The second-order valence-corrected chi connectivity index (χ2v) is 3.75. The number of piperidine rings is 3. The summed E-state index contributed by atoms with van der Waals surface area (Å²) in [5.74, 6) is 1.24. The van der Waals surface area contributed by atoms with Crippen LogP contribution in [0.25, 0.3) is 0 Å². The topological polar surface area (TPSA) is 29.5 Å². The molecule has 0 N–H and O–H groups in total. The van der Waals surface area contributed by atoms with E-state index in [1.54, 1.807) is 0 Å². The Hall–Kier alpha value is -0.570. The van der Waals surface area contributed by atoms with Crippen LogP contribution in [-0.4, -0.2) is 31.1 Å². The summed E-state index contributed by atoms with van der Waals surface area (Å²) in [6, 6.07) is 1.13. The number of ether oxygens (including phenoxy) is 1. The van der Waals surface area contributed by atoms with Crippen LogP contribution in [0.4, 0.5) is 0 Å². The lowest BCUT2D eigenvalue weighted by atomic mass is 9.74. The molecule has 0 spiro atoms. The van der Waals surface area contributed by atoms with Gasteiger partial charge in [-0.2, -0.15) is 0 Å². The molecule has 13 heavy (non-hydrogen) atoms. The molecule has 0 amide bonds. The van der Waals surface area contributed by atoms with Crippen molar-refractivity contribution in [1.82, 2.24) is 4.90 Å². The van der Waals surface area contributed by atoms with Crippen molar-refractivity contribution in [2.75, 3.05) is 20.2 Å². The third-order valence-corrected chi connectivity index (χ3v) is 3.17. The highest BCUT2D eigenvalue weighted by molar-refractivity contribution is 5.88. The van der Waals surface area contributed by atoms with E-state index in [1.807, 2.05) is 6.92 Å². The van der Waals surface area contributed by atoms with Gasteiger partial charge < -0.3 is 4.74 Å². The van der Waals surface area contributed by atoms with E-state index < -0.39 is 0 Å². The van der Waals surface area contributed by atoms with Crippen LogP contribution in [-0.2, 0) is 9.53 Å². The van der Waals surface area contributed by atoms with Crippen molar-refractivity contribution in [1.29, 1.82) is 0 Å². The highest BCUT2D eigenvalue weighted by Crippen LogP contribution is 2.42. The minimum Gasteiger partial charge on any atom is -0.468 e. The fourth-order valence-electron chi connectivity index (χ4n) is 2.39. The standard InChI is InChI=1S/C10H15NO2/c1-7-9(10(12)13-2)8-3-5-11(7)6-4-8/h8H,3-6H2,1-2H3. The first-order valence-electron chi connectivity index (χ1n) is 4.78. The fourth-order valence-corrected chi connectivity index (χ4v) is 2.39. The molecule has 3 nitrogen and oxygen atoms in total. The SMILES string of the molecule is COC(=O)[C]1[C](C)N2CCC1CC2. The van der Waals surface area contributed by atoms with Gasteiger partial charge >= 0.3 is 5.97 Å². The molecule has 0 atom stereocenters. The maximum atomic E-state index is 11.5. The van der Waals surface area contributed by atoms with E-state index in [0.29, 0.717) is 5.92 Å². The molecule has 0 saturated carbocycles. The molecule has 3 fully saturated rings. The number of hydrogen-bond donors (Lipinski definition) is 0. The maximum absolute atomic E-state index is 11.5. The number of methoxy groups -OCH3 is 1. The molecule has 72 valence electrons. The first-order chi connectivity index (χ1) is 6.24. The van der Waals surface area contributed by atoms with Gasteiger partial charge in [-0.15, -0.1) is 0 Å². The van der Waals surface area contributed by atoms with Crippen molar-refractivity contribution in [2.45, 2.75) is 19.8 Å². The minimum atomic E-state index is -0.132. The van der Waals surface area contributed by atoms with Crippen LogP contribution >= 0.6 is 0 Å². The van der Waals surface area contributed by atoms with E-state index in [0.717, 1.165) is 37.9 Å². The lowest BCUT2D eigenvalue weighted by molar-refractivity contribution is -0.141. The molecule has 3 rings (SSSR count). The number of rotatable bonds is 1. The molecule has 0 aromatic rings. The third-order valence-electron chi connectivity index (χ3n) is 3.17. The lowest BCUT2D eigenvalue weighted by Gasteiger charge is -2.47. The van der Waals surface area contributed by atoms with Gasteiger partial charge in [-0.3, -0.25) is 9.69 Å². The Bertz CT molecular complexity index is 207. The maximum Gasteiger partial charge on any atom is 0.315 e. The summed E-state index contributed by atoms with van der Waals surface area (Å²) in [6.07, 6.45) is 2.23. The van der Waals surface area contributed by atoms with Gasteiger partial charge in [0.25, 0.3) is 0 Å². The molecule has 0 aliphatic carbocycles. The van der Waals surface area contributed by atoms with Gasteiger partial charge in [-0.05, 0) is 38.8 Å². The molecule has 2 radical (unpaired) electrons. The minimum absolute atomic E-state index is 0.132. The van der Waals surface area contributed by atoms with Crippen LogP contribution in [0.15, 0.2) is 0 Å². The monoisotopic (exact) mass is 181 g/mol. The number of fused-ring (bicyclic) bond motifs is 3. The van der Waals surface area contributed by atoms with Crippen molar-refractivity contribution in [2.24, 2.45) is 5.92 Å². The zero-order valence-corrected chi connectivity index (χ0v) is 8.17. The summed E-state index contributed by atoms with van der Waals surface area (Å²) in [5, 5.41) is 0. The van der Waals surface area contributed by atoms with E-state index in [-0.39, 0.29) is 5.97 Å². The smallest absolute Gasteiger partial charge is 0.315 e. The van der Waals surface area contributed by atoms with Crippen LogP contribution in [0, 0.1) is 17.9 Å². The van der Waals surface area contributed by atoms with Crippen molar-refractivity contribution in [3.8, 4) is 0 Å². The van der Waals surface area contributed by atoms with Gasteiger partial charge in [0.05, 0.1) is 13.2 Å². The summed E-state index contributed by atoms with van der Waals surface area (Å²) in [5.41, 5.74) is 0. The number of carbonyl (C=O) groups excluding carboxylic acids is 1. The van der Waals surface area contributed by atoms with Gasteiger partial charge in [-0.25, -0.2) is 0 Å². The normalized spacial score (nSPS) is 34.9. The van der Waals surface area contributed by atoms with E-state index >= 15 is 0 Å². The number of carbonyl (C=O) groups is 1. The molecule has 0 unspecified atom stereocenters. The fraction of sp³-hybridized carbons (Fsp3) is 0.700. The van der Waals surface area contributed by atoms with E-state index in [9.17, 15) is 4.79 Å². The average molecular weight is 181 g/mol. The van der Waals surface area contributed by atoms with E-state index in [4.69, 9.17) is 4.74 Å². The zero-order valence-electron chi connectivity index (χ0n) is 8.17. The molecule has 0 aromatic heterocycles. The van der Waals surface area contributed by atoms with E-state index in [2.05, 4.69) is 4.90 Å². The summed E-state index contributed by atoms with van der Waals surface area (Å²) in [6.45, 7) is 4.24. The van der Waals surface area contributed by atoms with Gasteiger partial charge in [0.1, 0.15) is 5.92 Å². The first-order valence-corrected chi connectivity index (χ1v) is 4.78. The highest BCUT2D eigenvalue weighted by Gasteiger charge is 2.45. The largest absolute Gasteiger partial charge is 0.468 e. The zero-order chi connectivity index (χ0) is 9.42. The Morgan fingerprint density at radius 2 is 2.08 bits per heavy atom. The van der Waals surface area contributed by atoms with Crippen LogP contribution in [0.2, 0.25) is 0 Å². The van der Waals surface area contributed by atoms with E-state index in [1.165, 1.54) is 7.11 Å². The third kappa shape index (κ3) is 1.35. The molecule has 3 aliphatic heterocycles. The molecule has 3 heteroatoms. The van der Waals surface area contributed by atoms with Crippen LogP contribution < -0.4 is 0 Å². The number of esters is 1. The number of nitrogens with zero attached hydrogens (tertiary/aromatic N) is 1. The van der Waals surface area contributed by atoms with Crippen molar-refractivity contribution in [3.63, 3.8) is 0 Å². The molecule has 2 bridgehead atoms. The van der Waals surface area contributed by atoms with Crippen molar-refractivity contribution in [3.05, 3.63) is 12.0 Å². The lowest BCUT2D eigenvalue weighted by Crippen LogP contribution is -2.50. The van der Waals surface area contributed by atoms with Crippen molar-refractivity contribution >= 4 is 5.97 Å². The predicted octanol–water partition coefficient (Wildman–Crippen LogP) is 1.01. The molecule has 3 aliphatic rings. The Balaban J connectivity index is 2.14. The van der Waals surface area contributed by atoms with Gasteiger partial charge in [0.2, 0.25) is 0 Å². The second kappa shape index (κ2) is 3.29. The highest BCUT2D eigenvalue weighted by atomic mass is 16.5. The van der Waals surface area contributed by atoms with Crippen LogP contribution in [0.1, 0.15) is 19.8 Å². The Morgan fingerprint density at radius 1 is 1.46 bits per heavy atom. The van der Waals surface area contributed by atoms with Crippen LogP contribution in [0.3, 0.4) is 0 Å². The summed E-state index contributed by atoms with van der Waals surface area (Å²) < 4.78 is 4.79. The van der Waals surface area contributed by atoms with Crippen molar-refractivity contribution < 1.29 is 9.53 Å². The molecule has 3 heterocycles. The van der Waals surface area contributed by atoms with Crippen LogP contribution in [0.5, 0.6) is 0 Å². The van der Waals surface area contributed by atoms with Gasteiger partial charge in [-0.1, -0.05) is 0 Å². The average Bonchev–Trinajstić information content (AvgIpc) is 2.18. The Labute approximate surface area is 79.0 Å². The molecular formula is C10H15NO2. The van der Waals surface area contributed by atoms with Gasteiger partial charge in [0, 0.05) is 0 Å². The first kappa shape index (κ1) is 9.00.